The summed E-state index contributed by atoms with van der Waals surface area (Å²) < 4.78 is 12.4. The van der Waals surface area contributed by atoms with Crippen molar-refractivity contribution >= 4 is 40.0 Å². The molecule has 0 radical (unpaired) electrons. The van der Waals surface area contributed by atoms with E-state index in [9.17, 15) is 9.59 Å². The lowest BCUT2D eigenvalue weighted by Gasteiger charge is -2.09. The van der Waals surface area contributed by atoms with Gasteiger partial charge in [0.05, 0.1) is 18.4 Å². The van der Waals surface area contributed by atoms with Crippen molar-refractivity contribution in [2.75, 3.05) is 18.2 Å². The van der Waals surface area contributed by atoms with Crippen molar-refractivity contribution < 1.29 is 19.1 Å². The number of nitrogens with zero attached hydrogens (tertiary/aromatic N) is 3. The Hall–Kier alpha value is -2.85. The average molecular weight is 433 g/mol. The van der Waals surface area contributed by atoms with Gasteiger partial charge in [-0.3, -0.25) is 4.79 Å². The molecule has 8 nitrogen and oxygen atoms in total. The van der Waals surface area contributed by atoms with Gasteiger partial charge in [0.15, 0.2) is 11.0 Å². The Morgan fingerprint density at radius 2 is 2.00 bits per heavy atom. The Balaban J connectivity index is 1.58. The topological polar surface area (TPSA) is 95.3 Å². The van der Waals surface area contributed by atoms with E-state index in [1.807, 2.05) is 41.8 Å². The lowest BCUT2D eigenvalue weighted by Crippen LogP contribution is -2.16. The molecule has 2 aromatic heterocycles. The molecule has 1 N–H and O–H groups in total. The van der Waals surface area contributed by atoms with Gasteiger partial charge in [-0.05, 0) is 30.5 Å². The fraction of sp³-hybridized carbons (Fsp3) is 0.263. The summed E-state index contributed by atoms with van der Waals surface area (Å²) in [5, 5.41) is 13.9. The summed E-state index contributed by atoms with van der Waals surface area (Å²) in [6.07, 6.45) is 0. The fourth-order valence-corrected chi connectivity index (χ4v) is 4.10. The van der Waals surface area contributed by atoms with Crippen LogP contribution < -0.4 is 10.1 Å². The number of thiophene rings is 1. The molecule has 1 aromatic carbocycles. The third kappa shape index (κ3) is 5.36. The molecule has 10 heteroatoms. The molecule has 0 aliphatic heterocycles. The number of hydrogen-bond acceptors (Lipinski definition) is 8. The second-order valence-electron chi connectivity index (χ2n) is 5.74. The first-order valence-electron chi connectivity index (χ1n) is 8.80. The van der Waals surface area contributed by atoms with Gasteiger partial charge in [0.2, 0.25) is 5.91 Å². The number of carbonyl (C=O) groups is 2. The van der Waals surface area contributed by atoms with E-state index < -0.39 is 5.97 Å². The molecule has 2 heterocycles. The van der Waals surface area contributed by atoms with Gasteiger partial charge < -0.3 is 19.4 Å². The van der Waals surface area contributed by atoms with E-state index in [0.717, 1.165) is 5.75 Å². The number of thioether (sulfide) groups is 1. The Bertz CT molecular complexity index is 972. The summed E-state index contributed by atoms with van der Waals surface area (Å²) in [7, 11) is 1.30. The zero-order valence-corrected chi connectivity index (χ0v) is 17.6. The van der Waals surface area contributed by atoms with Crippen molar-refractivity contribution in [3.8, 4) is 5.75 Å². The quantitative estimate of drug-likeness (QED) is 0.409. The van der Waals surface area contributed by atoms with Gasteiger partial charge >= 0.3 is 5.97 Å². The van der Waals surface area contributed by atoms with Crippen molar-refractivity contribution in [3.05, 3.63) is 53.2 Å². The van der Waals surface area contributed by atoms with Crippen LogP contribution in [-0.2, 0) is 22.7 Å². The lowest BCUT2D eigenvalue weighted by atomic mass is 10.3. The van der Waals surface area contributed by atoms with Crippen LogP contribution in [0.5, 0.6) is 5.75 Å². The lowest BCUT2D eigenvalue weighted by molar-refractivity contribution is -0.113. The number of anilines is 1. The monoisotopic (exact) mass is 432 g/mol. The molecule has 3 rings (SSSR count). The van der Waals surface area contributed by atoms with E-state index >= 15 is 0 Å². The Kier molecular flexibility index (Phi) is 7.25. The number of methoxy groups -OCH3 is 1. The van der Waals surface area contributed by atoms with E-state index in [2.05, 4.69) is 15.5 Å². The fourth-order valence-electron chi connectivity index (χ4n) is 2.48. The van der Waals surface area contributed by atoms with Crippen molar-refractivity contribution in [1.82, 2.24) is 14.8 Å². The van der Waals surface area contributed by atoms with Crippen LogP contribution in [0.3, 0.4) is 0 Å². The maximum atomic E-state index is 12.3. The molecule has 152 valence electrons. The molecule has 0 atom stereocenters. The van der Waals surface area contributed by atoms with E-state index in [-0.39, 0.29) is 18.3 Å². The van der Waals surface area contributed by atoms with Gasteiger partial charge in [-0.15, -0.1) is 21.5 Å². The van der Waals surface area contributed by atoms with Gasteiger partial charge in [-0.1, -0.05) is 30.0 Å². The standard InChI is InChI=1S/C19H20N4O4S2/c1-3-23-15(11-27-13-7-5-4-6-8-13)21-22-19(23)29-12-16(24)20-17-14(9-10-28-17)18(25)26-2/h4-10H,3,11-12H2,1-2H3,(H,20,24). The van der Waals surface area contributed by atoms with Crippen LogP contribution in [0.4, 0.5) is 5.00 Å². The van der Waals surface area contributed by atoms with E-state index in [4.69, 9.17) is 9.47 Å². The molecule has 29 heavy (non-hydrogen) atoms. The van der Waals surface area contributed by atoms with Crippen LogP contribution in [0.1, 0.15) is 23.1 Å². The largest absolute Gasteiger partial charge is 0.486 e. The molecule has 0 aliphatic carbocycles. The highest BCUT2D eigenvalue weighted by Crippen LogP contribution is 2.25. The van der Waals surface area contributed by atoms with Gasteiger partial charge in [0, 0.05) is 6.54 Å². The number of carbonyl (C=O) groups excluding carboxylic acids is 2. The summed E-state index contributed by atoms with van der Waals surface area (Å²) in [5.74, 6) is 0.851. The van der Waals surface area contributed by atoms with Crippen molar-refractivity contribution in [2.24, 2.45) is 0 Å². The summed E-state index contributed by atoms with van der Waals surface area (Å²) in [5.41, 5.74) is 0.341. The van der Waals surface area contributed by atoms with E-state index in [0.29, 0.717) is 28.1 Å². The Morgan fingerprint density at radius 1 is 1.21 bits per heavy atom. The SMILES string of the molecule is CCn1c(COc2ccccc2)nnc1SCC(=O)Nc1sccc1C(=O)OC. The number of rotatable bonds is 9. The van der Waals surface area contributed by atoms with Crippen LogP contribution >= 0.6 is 23.1 Å². The van der Waals surface area contributed by atoms with Gasteiger partial charge in [-0.25, -0.2) is 4.79 Å². The minimum Gasteiger partial charge on any atom is -0.486 e. The van der Waals surface area contributed by atoms with Crippen LogP contribution in [-0.4, -0.2) is 39.5 Å². The molecule has 0 bridgehead atoms. The first-order valence-corrected chi connectivity index (χ1v) is 10.7. The number of amides is 1. The molecular formula is C19H20N4O4S2. The minimum absolute atomic E-state index is 0.135. The molecule has 3 aromatic rings. The number of ether oxygens (including phenoxy) is 2. The third-order valence-corrected chi connectivity index (χ3v) is 5.67. The highest BCUT2D eigenvalue weighted by atomic mass is 32.2. The van der Waals surface area contributed by atoms with E-state index in [1.165, 1.54) is 30.2 Å². The van der Waals surface area contributed by atoms with Gasteiger partial charge in [0.25, 0.3) is 0 Å². The van der Waals surface area contributed by atoms with Gasteiger partial charge in [-0.2, -0.15) is 0 Å². The summed E-state index contributed by atoms with van der Waals surface area (Å²) in [4.78, 5) is 24.0. The third-order valence-electron chi connectivity index (χ3n) is 3.88. The minimum atomic E-state index is -0.483. The average Bonchev–Trinajstić information content (AvgIpc) is 3.37. The zero-order valence-electron chi connectivity index (χ0n) is 16.0. The Labute approximate surface area is 176 Å². The van der Waals surface area contributed by atoms with Crippen LogP contribution in [0.25, 0.3) is 0 Å². The van der Waals surface area contributed by atoms with Crippen LogP contribution in [0, 0.1) is 0 Å². The second kappa shape index (κ2) is 10.1. The first kappa shape index (κ1) is 20.9. The Morgan fingerprint density at radius 3 is 2.72 bits per heavy atom. The summed E-state index contributed by atoms with van der Waals surface area (Å²) in [6.45, 7) is 2.92. The van der Waals surface area contributed by atoms with Crippen molar-refractivity contribution in [3.63, 3.8) is 0 Å². The molecule has 0 fully saturated rings. The molecule has 0 unspecified atom stereocenters. The maximum Gasteiger partial charge on any atom is 0.340 e. The highest BCUT2D eigenvalue weighted by Gasteiger charge is 2.17. The van der Waals surface area contributed by atoms with Crippen LogP contribution in [0.15, 0.2) is 46.9 Å². The predicted octanol–water partition coefficient (Wildman–Crippen LogP) is 3.46. The number of para-hydroxylation sites is 1. The zero-order chi connectivity index (χ0) is 20.6. The number of aromatic nitrogens is 3. The molecular weight excluding hydrogens is 412 g/mol. The number of benzene rings is 1. The summed E-state index contributed by atoms with van der Waals surface area (Å²) in [6, 6.07) is 11.1. The normalized spacial score (nSPS) is 10.6. The number of esters is 1. The molecule has 0 aliphatic rings. The maximum absolute atomic E-state index is 12.3. The molecule has 1 amide bonds. The van der Waals surface area contributed by atoms with Gasteiger partial charge in [0.1, 0.15) is 17.4 Å². The molecule has 0 saturated heterocycles. The highest BCUT2D eigenvalue weighted by molar-refractivity contribution is 7.99. The predicted molar refractivity (Wildman–Crippen MR) is 111 cm³/mol. The summed E-state index contributed by atoms with van der Waals surface area (Å²) >= 11 is 2.54. The smallest absolute Gasteiger partial charge is 0.340 e. The number of nitrogens with one attached hydrogen (secondary N) is 1. The van der Waals surface area contributed by atoms with Crippen molar-refractivity contribution in [2.45, 2.75) is 25.2 Å². The number of hydrogen-bond donors (Lipinski definition) is 1. The van der Waals surface area contributed by atoms with Crippen molar-refractivity contribution in [1.29, 1.82) is 0 Å². The second-order valence-corrected chi connectivity index (χ2v) is 7.60. The van der Waals surface area contributed by atoms with E-state index in [1.54, 1.807) is 11.4 Å². The molecule has 0 spiro atoms. The first-order chi connectivity index (χ1) is 14.1. The molecule has 0 saturated carbocycles. The van der Waals surface area contributed by atoms with Crippen LogP contribution in [0.2, 0.25) is 0 Å².